The first-order valence-electron chi connectivity index (χ1n) is 5.75. The molecule has 2 fully saturated rings. The quantitative estimate of drug-likeness (QED) is 0.720. The Morgan fingerprint density at radius 1 is 1.07 bits per heavy atom. The highest BCUT2D eigenvalue weighted by molar-refractivity contribution is 4.85. The van der Waals surface area contributed by atoms with Crippen molar-refractivity contribution in [3.05, 3.63) is 0 Å². The molecule has 1 saturated carbocycles. The van der Waals surface area contributed by atoms with Crippen LogP contribution in [0.15, 0.2) is 0 Å². The molecular weight excluding hydrogens is 178 g/mol. The molecule has 14 heavy (non-hydrogen) atoms. The lowest BCUT2D eigenvalue weighted by atomic mass is 10.0. The molecule has 2 rings (SSSR count). The van der Waals surface area contributed by atoms with Gasteiger partial charge in [0.2, 0.25) is 0 Å². The summed E-state index contributed by atoms with van der Waals surface area (Å²) in [7, 11) is 2.21. The zero-order valence-electron chi connectivity index (χ0n) is 8.98. The molecule has 1 saturated heterocycles. The van der Waals surface area contributed by atoms with Crippen LogP contribution in [0.5, 0.6) is 0 Å². The van der Waals surface area contributed by atoms with Gasteiger partial charge in [0.15, 0.2) is 0 Å². The van der Waals surface area contributed by atoms with Crippen LogP contribution in [0.2, 0.25) is 0 Å². The summed E-state index contributed by atoms with van der Waals surface area (Å²) >= 11 is 0. The van der Waals surface area contributed by atoms with E-state index in [-0.39, 0.29) is 6.10 Å². The van der Waals surface area contributed by atoms with Crippen molar-refractivity contribution >= 4 is 0 Å². The molecule has 3 nitrogen and oxygen atoms in total. The van der Waals surface area contributed by atoms with Crippen LogP contribution in [0, 0.1) is 0 Å². The van der Waals surface area contributed by atoms with Crippen molar-refractivity contribution in [1.29, 1.82) is 0 Å². The summed E-state index contributed by atoms with van der Waals surface area (Å²) in [5.41, 5.74) is 0. The highest BCUT2D eigenvalue weighted by atomic mass is 16.5. The van der Waals surface area contributed by atoms with E-state index in [9.17, 15) is 5.11 Å². The maximum atomic E-state index is 9.50. The summed E-state index contributed by atoms with van der Waals surface area (Å²) in [6.07, 6.45) is 5.37. The molecule has 82 valence electrons. The van der Waals surface area contributed by atoms with Crippen LogP contribution in [-0.2, 0) is 4.74 Å². The van der Waals surface area contributed by atoms with E-state index in [0.29, 0.717) is 12.1 Å². The van der Waals surface area contributed by atoms with Crippen LogP contribution in [-0.4, -0.2) is 48.5 Å². The van der Waals surface area contributed by atoms with Gasteiger partial charge in [-0.2, -0.15) is 0 Å². The van der Waals surface area contributed by atoms with E-state index < -0.39 is 0 Å². The van der Waals surface area contributed by atoms with Gasteiger partial charge in [0.25, 0.3) is 0 Å². The fourth-order valence-electron chi connectivity index (χ4n) is 2.69. The fraction of sp³-hybridized carbons (Fsp3) is 1.00. The lowest BCUT2D eigenvalue weighted by molar-refractivity contribution is 0.0273. The molecule has 1 N–H and O–H groups in total. The molecule has 0 aromatic heterocycles. The van der Waals surface area contributed by atoms with E-state index in [2.05, 4.69) is 11.9 Å². The van der Waals surface area contributed by atoms with Gasteiger partial charge in [0, 0.05) is 25.3 Å². The molecule has 1 heterocycles. The van der Waals surface area contributed by atoms with Crippen molar-refractivity contribution in [3.63, 3.8) is 0 Å². The Labute approximate surface area is 86.0 Å². The molecule has 2 unspecified atom stereocenters. The molecule has 0 spiro atoms. The Bertz CT molecular complexity index is 175. The minimum absolute atomic E-state index is 0.0534. The van der Waals surface area contributed by atoms with Crippen LogP contribution in [0.1, 0.15) is 32.1 Å². The zero-order chi connectivity index (χ0) is 9.97. The third-order valence-corrected chi connectivity index (χ3v) is 3.72. The average Bonchev–Trinajstić information content (AvgIpc) is 2.65. The molecule has 2 aliphatic rings. The van der Waals surface area contributed by atoms with Crippen molar-refractivity contribution in [2.75, 3.05) is 20.3 Å². The standard InChI is InChI=1S/C11H21NO2/c1-12(9-4-6-14-7-5-9)10-2-3-11(13)8-10/h9-11,13H,2-8H2,1H3. The third kappa shape index (κ3) is 2.27. The maximum absolute atomic E-state index is 9.50. The molecule has 3 heteroatoms. The monoisotopic (exact) mass is 199 g/mol. The Morgan fingerprint density at radius 3 is 2.36 bits per heavy atom. The van der Waals surface area contributed by atoms with Gasteiger partial charge in [-0.05, 0) is 39.2 Å². The van der Waals surface area contributed by atoms with Gasteiger partial charge < -0.3 is 14.7 Å². The first-order valence-corrected chi connectivity index (χ1v) is 5.75. The molecule has 1 aliphatic heterocycles. The molecular formula is C11H21NO2. The zero-order valence-corrected chi connectivity index (χ0v) is 8.98. The fourth-order valence-corrected chi connectivity index (χ4v) is 2.69. The number of aliphatic hydroxyl groups is 1. The van der Waals surface area contributed by atoms with Crippen molar-refractivity contribution in [2.45, 2.75) is 50.3 Å². The van der Waals surface area contributed by atoms with Crippen molar-refractivity contribution in [2.24, 2.45) is 0 Å². The third-order valence-electron chi connectivity index (χ3n) is 3.72. The number of hydrogen-bond acceptors (Lipinski definition) is 3. The molecule has 0 aromatic carbocycles. The van der Waals surface area contributed by atoms with Crippen LogP contribution >= 0.6 is 0 Å². The van der Waals surface area contributed by atoms with E-state index in [1.165, 1.54) is 0 Å². The largest absolute Gasteiger partial charge is 0.393 e. The maximum Gasteiger partial charge on any atom is 0.0555 e. The number of hydrogen-bond donors (Lipinski definition) is 1. The highest BCUT2D eigenvalue weighted by Gasteiger charge is 2.30. The van der Waals surface area contributed by atoms with E-state index in [0.717, 1.165) is 45.3 Å². The van der Waals surface area contributed by atoms with Gasteiger partial charge in [-0.15, -0.1) is 0 Å². The minimum atomic E-state index is -0.0534. The second kappa shape index (κ2) is 4.60. The van der Waals surface area contributed by atoms with Crippen molar-refractivity contribution < 1.29 is 9.84 Å². The summed E-state index contributed by atoms with van der Waals surface area (Å²) in [5.74, 6) is 0. The van der Waals surface area contributed by atoms with E-state index in [1.54, 1.807) is 0 Å². The van der Waals surface area contributed by atoms with Crippen molar-refractivity contribution in [3.8, 4) is 0 Å². The number of aliphatic hydroxyl groups excluding tert-OH is 1. The van der Waals surface area contributed by atoms with Gasteiger partial charge >= 0.3 is 0 Å². The van der Waals surface area contributed by atoms with E-state index in [1.807, 2.05) is 0 Å². The summed E-state index contributed by atoms with van der Waals surface area (Å²) in [4.78, 5) is 2.47. The summed E-state index contributed by atoms with van der Waals surface area (Å²) < 4.78 is 5.36. The Balaban J connectivity index is 1.84. The molecule has 0 amide bonds. The smallest absolute Gasteiger partial charge is 0.0555 e. The Kier molecular flexibility index (Phi) is 3.42. The number of ether oxygens (including phenoxy) is 1. The molecule has 0 aromatic rings. The van der Waals surface area contributed by atoms with E-state index >= 15 is 0 Å². The lowest BCUT2D eigenvalue weighted by Gasteiger charge is -2.35. The van der Waals surface area contributed by atoms with E-state index in [4.69, 9.17) is 4.74 Å². The Hall–Kier alpha value is -0.120. The van der Waals surface area contributed by atoms with Crippen LogP contribution in [0.4, 0.5) is 0 Å². The normalized spacial score (nSPS) is 35.4. The van der Waals surface area contributed by atoms with Crippen LogP contribution in [0.3, 0.4) is 0 Å². The van der Waals surface area contributed by atoms with Gasteiger partial charge in [0.05, 0.1) is 6.10 Å². The highest BCUT2D eigenvalue weighted by Crippen LogP contribution is 2.26. The number of rotatable bonds is 2. The second-order valence-electron chi connectivity index (χ2n) is 4.63. The van der Waals surface area contributed by atoms with Gasteiger partial charge in [-0.3, -0.25) is 0 Å². The predicted octanol–water partition coefficient (Wildman–Crippen LogP) is 1.01. The van der Waals surface area contributed by atoms with Crippen molar-refractivity contribution in [1.82, 2.24) is 4.90 Å². The predicted molar refractivity (Wildman–Crippen MR) is 55.2 cm³/mol. The first kappa shape index (κ1) is 10.4. The number of nitrogens with zero attached hydrogens (tertiary/aromatic N) is 1. The molecule has 1 aliphatic carbocycles. The van der Waals surface area contributed by atoms with Gasteiger partial charge in [-0.25, -0.2) is 0 Å². The summed E-state index contributed by atoms with van der Waals surface area (Å²) in [6, 6.07) is 1.28. The van der Waals surface area contributed by atoms with Crippen LogP contribution in [0.25, 0.3) is 0 Å². The molecule has 0 radical (unpaired) electrons. The topological polar surface area (TPSA) is 32.7 Å². The van der Waals surface area contributed by atoms with Gasteiger partial charge in [-0.1, -0.05) is 0 Å². The Morgan fingerprint density at radius 2 is 1.79 bits per heavy atom. The minimum Gasteiger partial charge on any atom is -0.393 e. The molecule has 2 atom stereocenters. The summed E-state index contributed by atoms with van der Waals surface area (Å²) in [5, 5.41) is 9.50. The first-order chi connectivity index (χ1) is 6.77. The summed E-state index contributed by atoms with van der Waals surface area (Å²) in [6.45, 7) is 1.81. The van der Waals surface area contributed by atoms with Gasteiger partial charge in [0.1, 0.15) is 0 Å². The SMILES string of the molecule is CN(C1CCOCC1)C1CCC(O)C1. The lowest BCUT2D eigenvalue weighted by Crippen LogP contribution is -2.42. The average molecular weight is 199 g/mol. The molecule has 0 bridgehead atoms. The second-order valence-corrected chi connectivity index (χ2v) is 4.63. The van der Waals surface area contributed by atoms with Crippen LogP contribution < -0.4 is 0 Å².